The van der Waals surface area contributed by atoms with E-state index in [1.54, 1.807) is 12.5 Å². The number of aromatic nitrogens is 4. The zero-order valence-electron chi connectivity index (χ0n) is 10.7. The molecule has 3 aromatic rings. The molecule has 1 N–H and O–H groups in total. The second-order valence-corrected chi connectivity index (χ2v) is 4.51. The van der Waals surface area contributed by atoms with Crippen LogP contribution in [0.2, 0.25) is 0 Å². The molecule has 96 valence electrons. The number of hydrogen-bond acceptors (Lipinski definition) is 4. The van der Waals surface area contributed by atoms with Crippen LogP contribution in [-0.4, -0.2) is 25.8 Å². The summed E-state index contributed by atoms with van der Waals surface area (Å²) in [6, 6.07) is 10.1. The smallest absolute Gasteiger partial charge is 0.137 e. The number of anilines is 1. The minimum absolute atomic E-state index is 0.234. The normalized spacial score (nSPS) is 12.5. The number of nitrogens with zero attached hydrogens (tertiary/aromatic N) is 4. The van der Waals surface area contributed by atoms with E-state index in [0.717, 1.165) is 23.3 Å². The molecular weight excluding hydrogens is 238 g/mol. The van der Waals surface area contributed by atoms with Crippen LogP contribution in [0.1, 0.15) is 6.92 Å². The van der Waals surface area contributed by atoms with Crippen molar-refractivity contribution < 1.29 is 0 Å². The van der Waals surface area contributed by atoms with Crippen molar-refractivity contribution in [1.82, 2.24) is 19.7 Å². The van der Waals surface area contributed by atoms with Gasteiger partial charge < -0.3 is 5.32 Å². The first kappa shape index (κ1) is 11.6. The topological polar surface area (TPSA) is 55.6 Å². The van der Waals surface area contributed by atoms with Crippen LogP contribution in [0.4, 0.5) is 5.82 Å². The molecule has 0 aliphatic heterocycles. The van der Waals surface area contributed by atoms with Gasteiger partial charge in [-0.25, -0.2) is 9.97 Å². The first-order valence-electron chi connectivity index (χ1n) is 6.26. The summed E-state index contributed by atoms with van der Waals surface area (Å²) in [6.07, 6.45) is 5.33. The summed E-state index contributed by atoms with van der Waals surface area (Å²) in [4.78, 5) is 8.58. The van der Waals surface area contributed by atoms with E-state index in [4.69, 9.17) is 0 Å². The van der Waals surface area contributed by atoms with Gasteiger partial charge in [-0.1, -0.05) is 12.1 Å². The van der Waals surface area contributed by atoms with Crippen molar-refractivity contribution in [1.29, 1.82) is 0 Å². The lowest BCUT2D eigenvalue weighted by Crippen LogP contribution is -2.23. The maximum Gasteiger partial charge on any atom is 0.137 e. The van der Waals surface area contributed by atoms with Gasteiger partial charge in [-0.05, 0) is 25.1 Å². The van der Waals surface area contributed by atoms with Crippen LogP contribution in [0.5, 0.6) is 0 Å². The average molecular weight is 253 g/mol. The SMILES string of the molecule is C[C@@H](Cn1cccn1)Nc1ncnc2ccccc12. The minimum atomic E-state index is 0.234. The van der Waals surface area contributed by atoms with Gasteiger partial charge in [0.25, 0.3) is 0 Å². The second kappa shape index (κ2) is 5.06. The Morgan fingerprint density at radius 3 is 2.95 bits per heavy atom. The number of rotatable bonds is 4. The predicted molar refractivity (Wildman–Crippen MR) is 74.8 cm³/mol. The Labute approximate surface area is 111 Å². The molecule has 1 atom stereocenters. The number of para-hydroxylation sites is 1. The third kappa shape index (κ3) is 2.54. The molecular formula is C14H15N5. The number of fused-ring (bicyclic) bond motifs is 1. The highest BCUT2D eigenvalue weighted by molar-refractivity contribution is 5.88. The predicted octanol–water partition coefficient (Wildman–Crippen LogP) is 2.33. The van der Waals surface area contributed by atoms with Crippen molar-refractivity contribution in [3.63, 3.8) is 0 Å². The quantitative estimate of drug-likeness (QED) is 0.775. The van der Waals surface area contributed by atoms with Gasteiger partial charge in [0, 0.05) is 23.8 Å². The van der Waals surface area contributed by atoms with E-state index in [0.29, 0.717) is 0 Å². The Balaban J connectivity index is 1.81. The summed E-state index contributed by atoms with van der Waals surface area (Å²) in [6.45, 7) is 2.91. The molecule has 0 spiro atoms. The van der Waals surface area contributed by atoms with Crippen molar-refractivity contribution in [3.05, 3.63) is 49.1 Å². The van der Waals surface area contributed by atoms with Crippen LogP contribution in [-0.2, 0) is 6.54 Å². The Morgan fingerprint density at radius 1 is 1.21 bits per heavy atom. The molecule has 0 unspecified atom stereocenters. The molecule has 3 rings (SSSR count). The number of benzene rings is 1. The van der Waals surface area contributed by atoms with Gasteiger partial charge in [-0.15, -0.1) is 0 Å². The molecule has 1 aromatic carbocycles. The van der Waals surface area contributed by atoms with E-state index in [1.165, 1.54) is 0 Å². The van der Waals surface area contributed by atoms with Gasteiger partial charge in [0.2, 0.25) is 0 Å². The Bertz CT molecular complexity index is 657. The molecule has 2 aromatic heterocycles. The van der Waals surface area contributed by atoms with E-state index in [2.05, 4.69) is 27.3 Å². The number of nitrogens with one attached hydrogen (secondary N) is 1. The fourth-order valence-corrected chi connectivity index (χ4v) is 2.09. The molecule has 0 saturated heterocycles. The molecule has 0 aliphatic rings. The van der Waals surface area contributed by atoms with Crippen LogP contribution in [0.3, 0.4) is 0 Å². The summed E-state index contributed by atoms with van der Waals surface area (Å²) in [7, 11) is 0. The van der Waals surface area contributed by atoms with Crippen molar-refractivity contribution in [2.24, 2.45) is 0 Å². The van der Waals surface area contributed by atoms with E-state index < -0.39 is 0 Å². The van der Waals surface area contributed by atoms with Crippen LogP contribution in [0.15, 0.2) is 49.1 Å². The Kier molecular flexibility index (Phi) is 3.10. The summed E-state index contributed by atoms with van der Waals surface area (Å²) < 4.78 is 1.90. The zero-order chi connectivity index (χ0) is 13.1. The molecule has 0 bridgehead atoms. The summed E-state index contributed by atoms with van der Waals surface area (Å²) >= 11 is 0. The third-order valence-electron chi connectivity index (χ3n) is 2.95. The first-order valence-corrected chi connectivity index (χ1v) is 6.26. The standard InChI is InChI=1S/C14H15N5/c1-11(9-19-8-4-7-17-19)18-14-12-5-2-3-6-13(12)15-10-16-14/h2-8,10-11H,9H2,1H3,(H,15,16,18)/t11-/m0/s1. The highest BCUT2D eigenvalue weighted by Gasteiger charge is 2.07. The molecule has 0 fully saturated rings. The van der Waals surface area contributed by atoms with Crippen molar-refractivity contribution in [2.75, 3.05) is 5.32 Å². The molecule has 0 aliphatic carbocycles. The van der Waals surface area contributed by atoms with E-state index in [9.17, 15) is 0 Å². The maximum absolute atomic E-state index is 4.32. The van der Waals surface area contributed by atoms with E-state index in [1.807, 2.05) is 41.2 Å². The van der Waals surface area contributed by atoms with Crippen LogP contribution >= 0.6 is 0 Å². The zero-order valence-corrected chi connectivity index (χ0v) is 10.7. The summed E-state index contributed by atoms with van der Waals surface area (Å²) in [5, 5.41) is 8.65. The molecule has 0 saturated carbocycles. The van der Waals surface area contributed by atoms with Gasteiger partial charge in [-0.2, -0.15) is 5.10 Å². The average Bonchev–Trinajstić information content (AvgIpc) is 2.92. The number of hydrogen-bond donors (Lipinski definition) is 1. The lowest BCUT2D eigenvalue weighted by Gasteiger charge is -2.15. The van der Waals surface area contributed by atoms with Crippen LogP contribution in [0.25, 0.3) is 10.9 Å². The van der Waals surface area contributed by atoms with Crippen LogP contribution < -0.4 is 5.32 Å². The fourth-order valence-electron chi connectivity index (χ4n) is 2.09. The molecule has 5 heteroatoms. The monoisotopic (exact) mass is 253 g/mol. The fraction of sp³-hybridized carbons (Fsp3) is 0.214. The van der Waals surface area contributed by atoms with Gasteiger partial charge >= 0.3 is 0 Å². The van der Waals surface area contributed by atoms with E-state index in [-0.39, 0.29) is 6.04 Å². The Hall–Kier alpha value is -2.43. The lowest BCUT2D eigenvalue weighted by atomic mass is 10.2. The first-order chi connectivity index (χ1) is 9.33. The summed E-state index contributed by atoms with van der Waals surface area (Å²) in [5.41, 5.74) is 0.950. The molecule has 2 heterocycles. The maximum atomic E-state index is 4.32. The molecule has 5 nitrogen and oxygen atoms in total. The minimum Gasteiger partial charge on any atom is -0.365 e. The van der Waals surface area contributed by atoms with Gasteiger partial charge in [0.1, 0.15) is 12.1 Å². The van der Waals surface area contributed by atoms with Crippen molar-refractivity contribution in [3.8, 4) is 0 Å². The summed E-state index contributed by atoms with van der Waals surface area (Å²) in [5.74, 6) is 0.866. The van der Waals surface area contributed by atoms with Crippen molar-refractivity contribution >= 4 is 16.7 Å². The molecule has 19 heavy (non-hydrogen) atoms. The largest absolute Gasteiger partial charge is 0.365 e. The highest BCUT2D eigenvalue weighted by atomic mass is 15.3. The molecule has 0 radical (unpaired) electrons. The van der Waals surface area contributed by atoms with Crippen molar-refractivity contribution in [2.45, 2.75) is 19.5 Å². The second-order valence-electron chi connectivity index (χ2n) is 4.51. The van der Waals surface area contributed by atoms with Gasteiger partial charge in [0.15, 0.2) is 0 Å². The Morgan fingerprint density at radius 2 is 2.11 bits per heavy atom. The molecule has 0 amide bonds. The third-order valence-corrected chi connectivity index (χ3v) is 2.95. The van der Waals surface area contributed by atoms with E-state index >= 15 is 0 Å². The highest BCUT2D eigenvalue weighted by Crippen LogP contribution is 2.19. The van der Waals surface area contributed by atoms with Gasteiger partial charge in [-0.3, -0.25) is 4.68 Å². The van der Waals surface area contributed by atoms with Crippen LogP contribution in [0, 0.1) is 0 Å². The lowest BCUT2D eigenvalue weighted by molar-refractivity contribution is 0.560. The van der Waals surface area contributed by atoms with Gasteiger partial charge in [0.05, 0.1) is 12.1 Å².